The zero-order valence-electron chi connectivity index (χ0n) is 7.61. The van der Waals surface area contributed by atoms with Crippen molar-refractivity contribution >= 4 is 34.6 Å². The Balaban J connectivity index is 2.47. The highest BCUT2D eigenvalue weighted by molar-refractivity contribution is 14.1. The van der Waals surface area contributed by atoms with Gasteiger partial charge in [0.1, 0.15) is 0 Å². The number of carboxylic acids is 1. The van der Waals surface area contributed by atoms with Crippen LogP contribution in [0.4, 0.5) is 0 Å². The molecule has 0 saturated carbocycles. The van der Waals surface area contributed by atoms with Gasteiger partial charge in [-0.25, -0.2) is 0 Å². The molecule has 0 fully saturated rings. The van der Waals surface area contributed by atoms with E-state index >= 15 is 0 Å². The second kappa shape index (κ2) is 5.80. The Kier molecular flexibility index (Phi) is 4.65. The average molecular weight is 302 g/mol. The molecule has 0 bridgehead atoms. The van der Waals surface area contributed by atoms with Crippen LogP contribution < -0.4 is 0 Å². The molecule has 0 aliphatic carbocycles. The number of carbonyl (C=O) groups is 1. The first-order chi connectivity index (χ1) is 6.68. The van der Waals surface area contributed by atoms with Crippen LogP contribution in [-0.2, 0) is 4.79 Å². The largest absolute Gasteiger partial charge is 0.481 e. The second-order valence-corrected chi connectivity index (χ2v) is 4.14. The molecule has 0 aliphatic rings. The molecule has 2 nitrogen and oxygen atoms in total. The summed E-state index contributed by atoms with van der Waals surface area (Å²) >= 11 is 2.25. The third-order valence-corrected chi connectivity index (χ3v) is 2.35. The van der Waals surface area contributed by atoms with E-state index in [9.17, 15) is 4.79 Å². The molecule has 0 aromatic heterocycles. The van der Waals surface area contributed by atoms with E-state index in [-0.39, 0.29) is 6.42 Å². The lowest BCUT2D eigenvalue weighted by molar-refractivity contribution is -0.136. The molecule has 0 spiro atoms. The first-order valence-electron chi connectivity index (χ1n) is 4.32. The van der Waals surface area contributed by atoms with E-state index in [1.54, 1.807) is 0 Å². The van der Waals surface area contributed by atoms with Gasteiger partial charge in [-0.3, -0.25) is 4.79 Å². The van der Waals surface area contributed by atoms with Crippen LogP contribution in [0.2, 0.25) is 0 Å². The summed E-state index contributed by atoms with van der Waals surface area (Å²) in [5, 5.41) is 8.42. The van der Waals surface area contributed by atoms with Crippen LogP contribution >= 0.6 is 22.6 Å². The van der Waals surface area contributed by atoms with Crippen molar-refractivity contribution in [2.24, 2.45) is 0 Å². The number of hydrogen-bond acceptors (Lipinski definition) is 1. The number of carboxylic acid groups (broad SMARTS) is 1. The summed E-state index contributed by atoms with van der Waals surface area (Å²) in [6.45, 7) is 0. The fourth-order valence-corrected chi connectivity index (χ4v) is 1.60. The van der Waals surface area contributed by atoms with E-state index in [0.717, 1.165) is 5.56 Å². The van der Waals surface area contributed by atoms with Crippen LogP contribution in [-0.4, -0.2) is 11.1 Å². The van der Waals surface area contributed by atoms with Gasteiger partial charge < -0.3 is 5.11 Å². The maximum atomic E-state index is 10.2. The van der Waals surface area contributed by atoms with Gasteiger partial charge in [-0.05, 0) is 46.7 Å². The molecule has 0 radical (unpaired) electrons. The Hall–Kier alpha value is -0.840. The van der Waals surface area contributed by atoms with Gasteiger partial charge in [-0.15, -0.1) is 0 Å². The van der Waals surface area contributed by atoms with Crippen molar-refractivity contribution in [3.8, 4) is 0 Å². The summed E-state index contributed by atoms with van der Waals surface area (Å²) in [6.07, 6.45) is 4.62. The molecule has 74 valence electrons. The molecule has 0 unspecified atom stereocenters. The van der Waals surface area contributed by atoms with Gasteiger partial charge in [0.2, 0.25) is 0 Å². The molecule has 0 atom stereocenters. The number of benzene rings is 1. The molecule has 14 heavy (non-hydrogen) atoms. The lowest BCUT2D eigenvalue weighted by Crippen LogP contribution is -1.91. The van der Waals surface area contributed by atoms with Gasteiger partial charge >= 0.3 is 5.97 Å². The number of hydrogen-bond donors (Lipinski definition) is 1. The van der Waals surface area contributed by atoms with Crippen molar-refractivity contribution in [3.05, 3.63) is 39.5 Å². The monoisotopic (exact) mass is 302 g/mol. The van der Waals surface area contributed by atoms with E-state index in [4.69, 9.17) is 5.11 Å². The first-order valence-corrected chi connectivity index (χ1v) is 5.40. The van der Waals surface area contributed by atoms with Crippen LogP contribution in [0.3, 0.4) is 0 Å². The van der Waals surface area contributed by atoms with Crippen LogP contribution in [0.5, 0.6) is 0 Å². The summed E-state index contributed by atoms with van der Waals surface area (Å²) in [5.41, 5.74) is 1.11. The number of aliphatic carboxylic acids is 1. The summed E-state index contributed by atoms with van der Waals surface area (Å²) in [7, 11) is 0. The lowest BCUT2D eigenvalue weighted by atomic mass is 10.2. The van der Waals surface area contributed by atoms with Gasteiger partial charge in [0.15, 0.2) is 0 Å². The van der Waals surface area contributed by atoms with Crippen molar-refractivity contribution in [1.29, 1.82) is 0 Å². The standard InChI is InChI=1S/C11H11IO2/c12-10-6-3-5-9(8-10)4-1-2-7-11(13)14/h1,3-6,8H,2,7H2,(H,13,14). The maximum absolute atomic E-state index is 10.2. The summed E-state index contributed by atoms with van der Waals surface area (Å²) < 4.78 is 1.18. The molecule has 0 aliphatic heterocycles. The summed E-state index contributed by atoms with van der Waals surface area (Å²) in [5.74, 6) is -0.753. The lowest BCUT2D eigenvalue weighted by Gasteiger charge is -1.93. The molecule has 0 heterocycles. The minimum absolute atomic E-state index is 0.195. The van der Waals surface area contributed by atoms with Crippen LogP contribution in [0, 0.1) is 3.57 Å². The number of halogens is 1. The quantitative estimate of drug-likeness (QED) is 0.867. The Labute approximate surface area is 96.8 Å². The molecule has 3 heteroatoms. The Bertz CT molecular complexity index is 345. The predicted molar refractivity (Wildman–Crippen MR) is 65.1 cm³/mol. The van der Waals surface area contributed by atoms with E-state index < -0.39 is 5.97 Å². The Morgan fingerprint density at radius 1 is 1.50 bits per heavy atom. The van der Waals surface area contributed by atoms with Crippen molar-refractivity contribution < 1.29 is 9.90 Å². The van der Waals surface area contributed by atoms with Gasteiger partial charge in [0.05, 0.1) is 0 Å². The molecule has 1 rings (SSSR count). The molecule has 0 amide bonds. The first kappa shape index (κ1) is 11.2. The number of rotatable bonds is 4. The number of allylic oxidation sites excluding steroid dienone is 1. The minimum atomic E-state index is -0.753. The SMILES string of the molecule is O=C(O)CCC=Cc1cccc(I)c1. The molecule has 0 saturated heterocycles. The smallest absolute Gasteiger partial charge is 0.303 e. The molecular weight excluding hydrogens is 291 g/mol. The summed E-state index contributed by atoms with van der Waals surface area (Å²) in [6, 6.07) is 8.06. The molecule has 1 N–H and O–H groups in total. The van der Waals surface area contributed by atoms with E-state index in [0.29, 0.717) is 6.42 Å². The normalized spacial score (nSPS) is 10.6. The van der Waals surface area contributed by atoms with Crippen LogP contribution in [0.15, 0.2) is 30.3 Å². The van der Waals surface area contributed by atoms with Crippen molar-refractivity contribution in [2.45, 2.75) is 12.8 Å². The highest BCUT2D eigenvalue weighted by Crippen LogP contribution is 2.09. The molecule has 1 aromatic rings. The Morgan fingerprint density at radius 2 is 2.29 bits per heavy atom. The van der Waals surface area contributed by atoms with E-state index in [2.05, 4.69) is 28.7 Å². The van der Waals surface area contributed by atoms with Crippen molar-refractivity contribution in [1.82, 2.24) is 0 Å². The highest BCUT2D eigenvalue weighted by atomic mass is 127. The van der Waals surface area contributed by atoms with Crippen molar-refractivity contribution in [2.75, 3.05) is 0 Å². The third-order valence-electron chi connectivity index (χ3n) is 1.68. The van der Waals surface area contributed by atoms with Crippen LogP contribution in [0.1, 0.15) is 18.4 Å². The zero-order valence-corrected chi connectivity index (χ0v) is 9.77. The maximum Gasteiger partial charge on any atom is 0.303 e. The second-order valence-electron chi connectivity index (χ2n) is 2.89. The fourth-order valence-electron chi connectivity index (χ4n) is 1.04. The summed E-state index contributed by atoms with van der Waals surface area (Å²) in [4.78, 5) is 10.2. The molecular formula is C11H11IO2. The predicted octanol–water partition coefficient (Wildman–Crippen LogP) is 3.17. The zero-order chi connectivity index (χ0) is 10.4. The highest BCUT2D eigenvalue weighted by Gasteiger charge is 1.92. The minimum Gasteiger partial charge on any atom is -0.481 e. The van der Waals surface area contributed by atoms with Crippen molar-refractivity contribution in [3.63, 3.8) is 0 Å². The van der Waals surface area contributed by atoms with Gasteiger partial charge in [-0.1, -0.05) is 24.3 Å². The van der Waals surface area contributed by atoms with Gasteiger partial charge in [-0.2, -0.15) is 0 Å². The van der Waals surface area contributed by atoms with Gasteiger partial charge in [0, 0.05) is 9.99 Å². The fraction of sp³-hybridized carbons (Fsp3) is 0.182. The molecule has 1 aromatic carbocycles. The van der Waals surface area contributed by atoms with E-state index in [1.807, 2.05) is 30.4 Å². The Morgan fingerprint density at radius 3 is 2.93 bits per heavy atom. The topological polar surface area (TPSA) is 37.3 Å². The average Bonchev–Trinajstić information content (AvgIpc) is 2.12. The van der Waals surface area contributed by atoms with Crippen LogP contribution in [0.25, 0.3) is 6.08 Å². The van der Waals surface area contributed by atoms with Gasteiger partial charge in [0.25, 0.3) is 0 Å². The van der Waals surface area contributed by atoms with E-state index in [1.165, 1.54) is 3.57 Å². The third kappa shape index (κ3) is 4.41.